The lowest BCUT2D eigenvalue weighted by molar-refractivity contribution is -0.143. The number of rotatable bonds is 2. The number of hydrogen-bond acceptors (Lipinski definition) is 2. The lowest BCUT2D eigenvalue weighted by Crippen LogP contribution is -2.58. The summed E-state index contributed by atoms with van der Waals surface area (Å²) in [5.41, 5.74) is 3.71. The Labute approximate surface area is 163 Å². The summed E-state index contributed by atoms with van der Waals surface area (Å²) >= 11 is 0. The Morgan fingerprint density at radius 2 is 1.89 bits per heavy atom. The summed E-state index contributed by atoms with van der Waals surface area (Å²) in [5, 5.41) is 1.14. The molecule has 5 nitrogen and oxygen atoms in total. The lowest BCUT2D eigenvalue weighted by atomic mass is 9.80. The standard InChI is InChI=1S/C23H23N3O2/c1-3-13-25-20-11-7-5-9-18(20)23(22(25)28)21-17(12-14-26(23)15(2)27)16-8-4-6-10-19(16)24-21/h4-11,24H,3,12-14H2,1-2H3/t23-/m1/s1. The summed E-state index contributed by atoms with van der Waals surface area (Å²) in [7, 11) is 0. The fourth-order valence-corrected chi connectivity index (χ4v) is 5.07. The van der Waals surface area contributed by atoms with Crippen molar-refractivity contribution in [3.05, 3.63) is 65.4 Å². The Hall–Kier alpha value is -3.08. The molecule has 5 rings (SSSR count). The summed E-state index contributed by atoms with van der Waals surface area (Å²) in [6, 6.07) is 16.1. The Morgan fingerprint density at radius 3 is 2.68 bits per heavy atom. The molecule has 1 aromatic heterocycles. The molecule has 0 bridgehead atoms. The first kappa shape index (κ1) is 17.0. The van der Waals surface area contributed by atoms with Gasteiger partial charge < -0.3 is 14.8 Å². The summed E-state index contributed by atoms with van der Waals surface area (Å²) < 4.78 is 0. The molecule has 2 amide bonds. The number of H-pyrrole nitrogens is 1. The molecular weight excluding hydrogens is 350 g/mol. The maximum absolute atomic E-state index is 14.0. The Balaban J connectivity index is 1.88. The van der Waals surface area contributed by atoms with Crippen LogP contribution in [-0.2, 0) is 21.5 Å². The van der Waals surface area contributed by atoms with Gasteiger partial charge in [-0.25, -0.2) is 0 Å². The van der Waals surface area contributed by atoms with Gasteiger partial charge in [0.1, 0.15) is 0 Å². The SMILES string of the molecule is CCCN1C(=O)[C@@]2(c3ccccc31)c1[nH]c3ccccc3c1CCN2C(C)=O. The molecular formula is C23H23N3O2. The quantitative estimate of drug-likeness (QED) is 0.747. The maximum Gasteiger partial charge on any atom is 0.263 e. The molecule has 2 aromatic carbocycles. The van der Waals surface area contributed by atoms with E-state index >= 15 is 0 Å². The van der Waals surface area contributed by atoms with Crippen molar-refractivity contribution in [1.29, 1.82) is 0 Å². The molecule has 2 aliphatic heterocycles. The van der Waals surface area contributed by atoms with Crippen molar-refractivity contribution in [3.8, 4) is 0 Å². The van der Waals surface area contributed by atoms with Gasteiger partial charge in [0.2, 0.25) is 5.91 Å². The van der Waals surface area contributed by atoms with E-state index in [4.69, 9.17) is 0 Å². The van der Waals surface area contributed by atoms with Crippen molar-refractivity contribution in [2.24, 2.45) is 0 Å². The third-order valence-corrected chi connectivity index (χ3v) is 6.13. The van der Waals surface area contributed by atoms with Gasteiger partial charge in [0.25, 0.3) is 5.91 Å². The van der Waals surface area contributed by atoms with Crippen LogP contribution >= 0.6 is 0 Å². The number of fused-ring (bicyclic) bond motifs is 6. The van der Waals surface area contributed by atoms with E-state index in [1.807, 2.05) is 47.4 Å². The first-order valence-corrected chi connectivity index (χ1v) is 9.90. The van der Waals surface area contributed by atoms with Gasteiger partial charge in [0, 0.05) is 36.5 Å². The number of nitrogens with zero attached hydrogens (tertiary/aromatic N) is 2. The van der Waals surface area contributed by atoms with Gasteiger partial charge in [-0.05, 0) is 30.5 Å². The zero-order valence-electron chi connectivity index (χ0n) is 16.2. The molecule has 0 saturated carbocycles. The maximum atomic E-state index is 14.0. The van der Waals surface area contributed by atoms with Gasteiger partial charge in [0.05, 0.1) is 11.4 Å². The predicted octanol–water partition coefficient (Wildman–Crippen LogP) is 3.57. The summed E-state index contributed by atoms with van der Waals surface area (Å²) in [5.74, 6) is -0.107. The smallest absolute Gasteiger partial charge is 0.263 e. The first-order chi connectivity index (χ1) is 13.6. The highest BCUT2D eigenvalue weighted by molar-refractivity contribution is 6.12. The normalized spacial score (nSPS) is 20.7. The first-order valence-electron chi connectivity index (χ1n) is 9.90. The van der Waals surface area contributed by atoms with Crippen LogP contribution in [0.3, 0.4) is 0 Å². The number of hydrogen-bond donors (Lipinski definition) is 1. The molecule has 0 saturated heterocycles. The van der Waals surface area contributed by atoms with Crippen LogP contribution in [0.1, 0.15) is 37.1 Å². The predicted molar refractivity (Wildman–Crippen MR) is 109 cm³/mol. The highest BCUT2D eigenvalue weighted by Gasteiger charge is 2.59. The van der Waals surface area contributed by atoms with E-state index in [0.717, 1.165) is 46.3 Å². The second kappa shape index (κ2) is 5.96. The van der Waals surface area contributed by atoms with Crippen molar-refractivity contribution >= 4 is 28.4 Å². The number of anilines is 1. The van der Waals surface area contributed by atoms with Crippen molar-refractivity contribution in [2.75, 3.05) is 18.0 Å². The molecule has 28 heavy (non-hydrogen) atoms. The zero-order valence-corrected chi connectivity index (χ0v) is 16.2. The molecule has 2 aliphatic rings. The molecule has 142 valence electrons. The van der Waals surface area contributed by atoms with E-state index in [2.05, 4.69) is 18.0 Å². The van der Waals surface area contributed by atoms with E-state index in [9.17, 15) is 9.59 Å². The van der Waals surface area contributed by atoms with E-state index in [1.165, 1.54) is 0 Å². The van der Waals surface area contributed by atoms with E-state index < -0.39 is 5.54 Å². The van der Waals surface area contributed by atoms with Crippen molar-refractivity contribution in [1.82, 2.24) is 9.88 Å². The Bertz CT molecular complexity index is 1120. The third kappa shape index (κ3) is 1.96. The van der Waals surface area contributed by atoms with Crippen molar-refractivity contribution < 1.29 is 9.59 Å². The highest BCUT2D eigenvalue weighted by atomic mass is 16.2. The lowest BCUT2D eigenvalue weighted by Gasteiger charge is -2.43. The summed E-state index contributed by atoms with van der Waals surface area (Å²) in [6.45, 7) is 4.80. The second-order valence-electron chi connectivity index (χ2n) is 7.63. The molecule has 0 fully saturated rings. The van der Waals surface area contributed by atoms with Crippen LogP contribution in [0.2, 0.25) is 0 Å². The number of aromatic nitrogens is 1. The van der Waals surface area contributed by atoms with Crippen LogP contribution in [0.15, 0.2) is 48.5 Å². The van der Waals surface area contributed by atoms with E-state index in [1.54, 1.807) is 11.8 Å². The van der Waals surface area contributed by atoms with E-state index in [0.29, 0.717) is 13.1 Å². The molecule has 3 aromatic rings. The fourth-order valence-electron chi connectivity index (χ4n) is 5.07. The Kier molecular flexibility index (Phi) is 3.63. The van der Waals surface area contributed by atoms with E-state index in [-0.39, 0.29) is 11.8 Å². The van der Waals surface area contributed by atoms with Gasteiger partial charge in [-0.2, -0.15) is 0 Å². The average molecular weight is 373 g/mol. The van der Waals surface area contributed by atoms with Crippen LogP contribution in [0.25, 0.3) is 10.9 Å². The number of amides is 2. The van der Waals surface area contributed by atoms with Crippen LogP contribution in [0.4, 0.5) is 5.69 Å². The number of benzene rings is 2. The van der Waals surface area contributed by atoms with Gasteiger partial charge in [0.15, 0.2) is 5.54 Å². The molecule has 1 spiro atoms. The second-order valence-corrected chi connectivity index (χ2v) is 7.63. The van der Waals surface area contributed by atoms with Gasteiger partial charge >= 0.3 is 0 Å². The molecule has 3 heterocycles. The number of aromatic amines is 1. The number of para-hydroxylation sites is 2. The van der Waals surface area contributed by atoms with Crippen LogP contribution < -0.4 is 4.90 Å². The van der Waals surface area contributed by atoms with Gasteiger partial charge in [-0.1, -0.05) is 43.3 Å². The highest BCUT2D eigenvalue weighted by Crippen LogP contribution is 2.51. The molecule has 0 aliphatic carbocycles. The molecule has 5 heteroatoms. The number of carbonyl (C=O) groups excluding carboxylic acids is 2. The average Bonchev–Trinajstić information content (AvgIpc) is 3.19. The molecule has 1 atom stereocenters. The third-order valence-electron chi connectivity index (χ3n) is 6.13. The summed E-state index contributed by atoms with van der Waals surface area (Å²) in [4.78, 5) is 33.9. The number of nitrogens with one attached hydrogen (secondary N) is 1. The van der Waals surface area contributed by atoms with Crippen LogP contribution in [0, 0.1) is 0 Å². The van der Waals surface area contributed by atoms with Crippen LogP contribution in [-0.4, -0.2) is 34.8 Å². The summed E-state index contributed by atoms with van der Waals surface area (Å²) in [6.07, 6.45) is 1.60. The van der Waals surface area contributed by atoms with Crippen molar-refractivity contribution in [3.63, 3.8) is 0 Å². The van der Waals surface area contributed by atoms with Gasteiger partial charge in [-0.15, -0.1) is 0 Å². The topological polar surface area (TPSA) is 56.4 Å². The number of carbonyl (C=O) groups is 2. The largest absolute Gasteiger partial charge is 0.355 e. The minimum Gasteiger partial charge on any atom is -0.355 e. The molecule has 0 unspecified atom stereocenters. The minimum absolute atomic E-state index is 0.0294. The zero-order chi connectivity index (χ0) is 19.5. The minimum atomic E-state index is -1.11. The van der Waals surface area contributed by atoms with Gasteiger partial charge in [-0.3, -0.25) is 9.59 Å². The molecule has 1 N–H and O–H groups in total. The molecule has 0 radical (unpaired) electrons. The monoisotopic (exact) mass is 373 g/mol. The van der Waals surface area contributed by atoms with Crippen LogP contribution in [0.5, 0.6) is 0 Å². The Morgan fingerprint density at radius 1 is 1.14 bits per heavy atom. The van der Waals surface area contributed by atoms with Crippen molar-refractivity contribution in [2.45, 2.75) is 32.2 Å². The fraction of sp³-hybridized carbons (Fsp3) is 0.304.